The van der Waals surface area contributed by atoms with Crippen LogP contribution in [0.1, 0.15) is 30.7 Å². The summed E-state index contributed by atoms with van der Waals surface area (Å²) >= 11 is 1.76. The molecule has 20 heavy (non-hydrogen) atoms. The summed E-state index contributed by atoms with van der Waals surface area (Å²) < 4.78 is 13.7. The van der Waals surface area contributed by atoms with Gasteiger partial charge in [-0.05, 0) is 42.4 Å². The lowest BCUT2D eigenvalue weighted by Gasteiger charge is -2.30. The maximum absolute atomic E-state index is 13.7. The van der Waals surface area contributed by atoms with Gasteiger partial charge in [-0.3, -0.25) is 4.79 Å². The third-order valence-electron chi connectivity index (χ3n) is 4.15. The van der Waals surface area contributed by atoms with Gasteiger partial charge in [-0.2, -0.15) is 11.8 Å². The Morgan fingerprint density at radius 2 is 2.05 bits per heavy atom. The fourth-order valence-corrected chi connectivity index (χ4v) is 3.88. The van der Waals surface area contributed by atoms with Crippen LogP contribution >= 0.6 is 11.8 Å². The minimum absolute atomic E-state index is 0.0433. The van der Waals surface area contributed by atoms with Crippen LogP contribution in [-0.2, 0) is 4.79 Å². The molecule has 2 atom stereocenters. The highest BCUT2D eigenvalue weighted by atomic mass is 32.2. The third kappa shape index (κ3) is 2.69. The molecule has 3 nitrogen and oxygen atoms in total. The second-order valence-electron chi connectivity index (χ2n) is 5.59. The van der Waals surface area contributed by atoms with Crippen LogP contribution in [0.3, 0.4) is 0 Å². The fraction of sp³-hybridized carbons (Fsp3) is 0.533. The average molecular weight is 295 g/mol. The molecule has 1 heterocycles. The number of carbonyl (C=O) groups excluding carboxylic acids is 1. The van der Waals surface area contributed by atoms with Gasteiger partial charge in [0.05, 0.1) is 0 Å². The van der Waals surface area contributed by atoms with Gasteiger partial charge in [-0.25, -0.2) is 4.39 Å². The van der Waals surface area contributed by atoms with Crippen LogP contribution in [0.25, 0.3) is 0 Å². The summed E-state index contributed by atoms with van der Waals surface area (Å²) in [4.78, 5) is 12.2. The molecule has 1 aliphatic carbocycles. The van der Waals surface area contributed by atoms with Crippen molar-refractivity contribution >= 4 is 17.7 Å². The van der Waals surface area contributed by atoms with Gasteiger partial charge in [-0.1, -0.05) is 18.2 Å². The van der Waals surface area contributed by atoms with Gasteiger partial charge in [0.2, 0.25) is 0 Å². The van der Waals surface area contributed by atoms with E-state index in [4.69, 9.17) is 0 Å². The Labute approximate surface area is 121 Å². The standard InChI is InChI=1S/C15H18FNO2S/c16-12-4-2-1-3-10(12)11-9-13(11)17-14(18)15(19)5-7-20-8-6-15/h1-4,11,13,19H,5-9H2,(H,17,18). The van der Waals surface area contributed by atoms with Gasteiger partial charge < -0.3 is 10.4 Å². The predicted octanol–water partition coefficient (Wildman–Crippen LogP) is 2.06. The van der Waals surface area contributed by atoms with E-state index in [0.717, 1.165) is 17.9 Å². The Morgan fingerprint density at radius 3 is 2.75 bits per heavy atom. The largest absolute Gasteiger partial charge is 0.380 e. The Bertz CT molecular complexity index is 516. The molecule has 0 spiro atoms. The fourth-order valence-electron chi connectivity index (χ4n) is 2.71. The summed E-state index contributed by atoms with van der Waals surface area (Å²) in [5.41, 5.74) is -0.572. The number of hydrogen-bond acceptors (Lipinski definition) is 3. The van der Waals surface area contributed by atoms with Crippen molar-refractivity contribution in [3.05, 3.63) is 35.6 Å². The number of hydrogen-bond donors (Lipinski definition) is 2. The van der Waals surface area contributed by atoms with Crippen molar-refractivity contribution in [2.75, 3.05) is 11.5 Å². The second-order valence-corrected chi connectivity index (χ2v) is 6.81. The number of aliphatic hydroxyl groups is 1. The molecule has 2 fully saturated rings. The lowest BCUT2D eigenvalue weighted by Crippen LogP contribution is -2.50. The summed E-state index contributed by atoms with van der Waals surface area (Å²) in [7, 11) is 0. The number of carbonyl (C=O) groups is 1. The predicted molar refractivity (Wildman–Crippen MR) is 77.2 cm³/mol. The van der Waals surface area contributed by atoms with Crippen molar-refractivity contribution in [3.63, 3.8) is 0 Å². The number of halogens is 1. The van der Waals surface area contributed by atoms with Gasteiger partial charge in [0.25, 0.3) is 5.91 Å². The van der Waals surface area contributed by atoms with Crippen LogP contribution in [0.15, 0.2) is 24.3 Å². The van der Waals surface area contributed by atoms with Crippen molar-refractivity contribution in [1.82, 2.24) is 5.32 Å². The average Bonchev–Trinajstić information content (AvgIpc) is 3.19. The minimum Gasteiger partial charge on any atom is -0.380 e. The Hall–Kier alpha value is -1.07. The topological polar surface area (TPSA) is 49.3 Å². The van der Waals surface area contributed by atoms with Gasteiger partial charge >= 0.3 is 0 Å². The zero-order valence-corrected chi connectivity index (χ0v) is 12.0. The minimum atomic E-state index is -1.23. The molecule has 2 N–H and O–H groups in total. The lowest BCUT2D eigenvalue weighted by molar-refractivity contribution is -0.140. The van der Waals surface area contributed by atoms with Crippen molar-refractivity contribution in [2.24, 2.45) is 0 Å². The van der Waals surface area contributed by atoms with Crippen molar-refractivity contribution in [3.8, 4) is 0 Å². The van der Waals surface area contributed by atoms with E-state index in [1.54, 1.807) is 23.9 Å². The van der Waals surface area contributed by atoms with Crippen molar-refractivity contribution in [2.45, 2.75) is 36.8 Å². The number of benzene rings is 1. The summed E-state index contributed by atoms with van der Waals surface area (Å²) in [6.45, 7) is 0. The number of thioether (sulfide) groups is 1. The smallest absolute Gasteiger partial charge is 0.252 e. The van der Waals surface area contributed by atoms with Gasteiger partial charge in [0.15, 0.2) is 0 Å². The van der Waals surface area contributed by atoms with Gasteiger partial charge in [-0.15, -0.1) is 0 Å². The quantitative estimate of drug-likeness (QED) is 0.897. The van der Waals surface area contributed by atoms with E-state index in [2.05, 4.69) is 5.32 Å². The van der Waals surface area contributed by atoms with E-state index in [-0.39, 0.29) is 23.7 Å². The molecule has 0 bridgehead atoms. The van der Waals surface area contributed by atoms with Crippen molar-refractivity contribution in [1.29, 1.82) is 0 Å². The molecule has 0 aromatic heterocycles. The summed E-state index contributed by atoms with van der Waals surface area (Å²) in [5.74, 6) is 1.15. The Morgan fingerprint density at radius 1 is 1.35 bits per heavy atom. The Kier molecular flexibility index (Phi) is 3.73. The maximum Gasteiger partial charge on any atom is 0.252 e. The van der Waals surface area contributed by atoms with Crippen LogP contribution in [0, 0.1) is 5.82 Å². The molecule has 108 valence electrons. The summed E-state index contributed by atoms with van der Waals surface area (Å²) in [5, 5.41) is 13.2. The molecule has 1 saturated heterocycles. The van der Waals surface area contributed by atoms with E-state index in [0.29, 0.717) is 18.4 Å². The second kappa shape index (κ2) is 5.37. The van der Waals surface area contributed by atoms with Crippen LogP contribution in [0.2, 0.25) is 0 Å². The molecule has 1 aromatic rings. The first-order valence-electron chi connectivity index (χ1n) is 6.96. The van der Waals surface area contributed by atoms with Crippen LogP contribution in [0.4, 0.5) is 4.39 Å². The zero-order valence-electron chi connectivity index (χ0n) is 11.1. The van der Waals surface area contributed by atoms with Gasteiger partial charge in [0.1, 0.15) is 11.4 Å². The molecule has 5 heteroatoms. The summed E-state index contributed by atoms with van der Waals surface area (Å²) in [6.07, 6.45) is 1.75. The normalized spacial score (nSPS) is 27.9. The van der Waals surface area contributed by atoms with E-state index in [9.17, 15) is 14.3 Å². The SMILES string of the molecule is O=C(NC1CC1c1ccccc1F)C1(O)CCSCC1. The van der Waals surface area contributed by atoms with Crippen LogP contribution in [-0.4, -0.2) is 34.2 Å². The molecule has 1 amide bonds. The monoisotopic (exact) mass is 295 g/mol. The van der Waals surface area contributed by atoms with Crippen molar-refractivity contribution < 1.29 is 14.3 Å². The number of rotatable bonds is 3. The summed E-state index contributed by atoms with van der Waals surface area (Å²) in [6, 6.07) is 6.63. The molecule has 1 aliphatic heterocycles. The first-order chi connectivity index (χ1) is 9.60. The molecule has 0 radical (unpaired) electrons. The number of amides is 1. The maximum atomic E-state index is 13.7. The van der Waals surface area contributed by atoms with Gasteiger partial charge in [0, 0.05) is 12.0 Å². The molecule has 1 aromatic carbocycles. The van der Waals surface area contributed by atoms with E-state index < -0.39 is 5.60 Å². The zero-order chi connectivity index (χ0) is 14.2. The highest BCUT2D eigenvalue weighted by Crippen LogP contribution is 2.42. The third-order valence-corrected chi connectivity index (χ3v) is 5.14. The van der Waals surface area contributed by atoms with Crippen LogP contribution in [0.5, 0.6) is 0 Å². The van der Waals surface area contributed by atoms with Crippen LogP contribution < -0.4 is 5.32 Å². The highest BCUT2D eigenvalue weighted by molar-refractivity contribution is 7.99. The molecular weight excluding hydrogens is 277 g/mol. The van der Waals surface area contributed by atoms with E-state index in [1.165, 1.54) is 6.07 Å². The molecule has 2 unspecified atom stereocenters. The first kappa shape index (κ1) is 13.9. The highest BCUT2D eigenvalue weighted by Gasteiger charge is 2.45. The first-order valence-corrected chi connectivity index (χ1v) is 8.11. The Balaban J connectivity index is 1.61. The van der Waals surface area contributed by atoms with E-state index >= 15 is 0 Å². The molecule has 1 saturated carbocycles. The molecule has 2 aliphatic rings. The molecule has 3 rings (SSSR count). The molecular formula is C15H18FNO2S. The lowest BCUT2D eigenvalue weighted by atomic mass is 9.95. The van der Waals surface area contributed by atoms with E-state index in [1.807, 2.05) is 6.07 Å². The number of nitrogens with one attached hydrogen (secondary N) is 1.